The summed E-state index contributed by atoms with van der Waals surface area (Å²) in [7, 11) is 0. The zero-order valence-corrected chi connectivity index (χ0v) is 8.76. The highest BCUT2D eigenvalue weighted by atomic mass is 19.1. The number of anilines is 2. The first-order chi connectivity index (χ1) is 7.54. The quantitative estimate of drug-likeness (QED) is 0.591. The maximum Gasteiger partial charge on any atom is 0.189 e. The summed E-state index contributed by atoms with van der Waals surface area (Å²) >= 11 is 0. The molecule has 3 fully saturated rings. The van der Waals surface area contributed by atoms with Crippen molar-refractivity contribution >= 4 is 17.1 Å². The van der Waals surface area contributed by atoms with Crippen molar-refractivity contribution in [3.63, 3.8) is 0 Å². The molecule has 0 aliphatic heterocycles. The SMILES string of the molecule is [C-]#[N+]c1ccc(N)c(NC23CC(F)(C2)C3)c1. The first-order valence-corrected chi connectivity index (χ1v) is 5.28. The van der Waals surface area contributed by atoms with Gasteiger partial charge >= 0.3 is 0 Å². The van der Waals surface area contributed by atoms with Crippen LogP contribution in [0.1, 0.15) is 19.3 Å². The van der Waals surface area contributed by atoms with Gasteiger partial charge in [0.2, 0.25) is 0 Å². The van der Waals surface area contributed by atoms with Crippen molar-refractivity contribution in [2.24, 2.45) is 0 Å². The van der Waals surface area contributed by atoms with E-state index in [1.54, 1.807) is 18.2 Å². The summed E-state index contributed by atoms with van der Waals surface area (Å²) in [5.74, 6) is 0. The number of nitrogens with one attached hydrogen (secondary N) is 1. The van der Waals surface area contributed by atoms with Crippen LogP contribution in [-0.4, -0.2) is 11.2 Å². The summed E-state index contributed by atoms with van der Waals surface area (Å²) in [6.07, 6.45) is 1.71. The minimum Gasteiger partial charge on any atom is -0.397 e. The standard InChI is InChI=1S/C12H12FN3/c1-15-8-2-3-9(14)10(4-8)16-12-5-11(13,6-12)7-12/h2-4,16H,5-7,14H2. The van der Waals surface area contributed by atoms with E-state index >= 15 is 0 Å². The van der Waals surface area contributed by atoms with E-state index in [1.807, 2.05) is 0 Å². The number of halogens is 1. The van der Waals surface area contributed by atoms with Crippen LogP contribution in [0, 0.1) is 6.57 Å². The molecule has 1 aromatic rings. The smallest absolute Gasteiger partial charge is 0.189 e. The Hall–Kier alpha value is -1.76. The van der Waals surface area contributed by atoms with Crippen molar-refractivity contribution in [1.82, 2.24) is 0 Å². The topological polar surface area (TPSA) is 42.4 Å². The fourth-order valence-electron chi connectivity index (χ4n) is 2.80. The van der Waals surface area contributed by atoms with Crippen molar-refractivity contribution in [2.75, 3.05) is 11.1 Å². The second-order valence-corrected chi connectivity index (χ2v) is 4.97. The van der Waals surface area contributed by atoms with E-state index in [0.29, 0.717) is 30.6 Å². The molecule has 0 aromatic heterocycles. The molecule has 82 valence electrons. The van der Waals surface area contributed by atoms with E-state index in [4.69, 9.17) is 12.3 Å². The Kier molecular flexibility index (Phi) is 1.58. The van der Waals surface area contributed by atoms with Crippen LogP contribution in [0.25, 0.3) is 4.85 Å². The molecule has 16 heavy (non-hydrogen) atoms. The molecule has 3 aliphatic rings. The fourth-order valence-corrected chi connectivity index (χ4v) is 2.80. The summed E-state index contributed by atoms with van der Waals surface area (Å²) in [5.41, 5.74) is 6.74. The van der Waals surface area contributed by atoms with Crippen molar-refractivity contribution in [3.8, 4) is 0 Å². The third kappa shape index (κ3) is 1.18. The number of benzene rings is 1. The summed E-state index contributed by atoms with van der Waals surface area (Å²) in [6.45, 7) is 6.94. The summed E-state index contributed by atoms with van der Waals surface area (Å²) < 4.78 is 13.3. The Morgan fingerprint density at radius 2 is 2.06 bits per heavy atom. The summed E-state index contributed by atoms with van der Waals surface area (Å²) in [6, 6.07) is 5.13. The van der Waals surface area contributed by atoms with E-state index in [-0.39, 0.29) is 5.54 Å². The average Bonchev–Trinajstić information content (AvgIpc) is 2.17. The highest BCUT2D eigenvalue weighted by molar-refractivity contribution is 5.73. The van der Waals surface area contributed by atoms with Gasteiger partial charge in [-0.2, -0.15) is 0 Å². The average molecular weight is 217 g/mol. The maximum absolute atomic E-state index is 13.3. The molecule has 1 aromatic carbocycles. The molecule has 3 aliphatic carbocycles. The number of hydrogen-bond donors (Lipinski definition) is 2. The van der Waals surface area contributed by atoms with Gasteiger partial charge in [-0.1, -0.05) is 6.07 Å². The molecule has 0 radical (unpaired) electrons. The Labute approximate surface area is 93.3 Å². The second kappa shape index (κ2) is 2.67. The zero-order chi connectivity index (χ0) is 11.4. The van der Waals surface area contributed by atoms with Gasteiger partial charge in [0.15, 0.2) is 5.69 Å². The minimum absolute atomic E-state index is 0.0937. The van der Waals surface area contributed by atoms with Crippen LogP contribution < -0.4 is 11.1 Å². The zero-order valence-electron chi connectivity index (χ0n) is 8.76. The number of hydrogen-bond acceptors (Lipinski definition) is 2. The van der Waals surface area contributed by atoms with Crippen LogP contribution in [0.3, 0.4) is 0 Å². The molecule has 0 spiro atoms. The van der Waals surface area contributed by atoms with Crippen molar-refractivity contribution in [3.05, 3.63) is 29.6 Å². The molecular weight excluding hydrogens is 205 g/mol. The van der Waals surface area contributed by atoms with Crippen molar-refractivity contribution in [2.45, 2.75) is 30.5 Å². The van der Waals surface area contributed by atoms with Crippen molar-refractivity contribution in [1.29, 1.82) is 0 Å². The molecule has 4 heteroatoms. The normalized spacial score (nSPS) is 34.5. The Morgan fingerprint density at radius 3 is 2.62 bits per heavy atom. The summed E-state index contributed by atoms with van der Waals surface area (Å²) in [5, 5.41) is 3.28. The highest BCUT2D eigenvalue weighted by Crippen LogP contribution is 2.64. The number of nitrogen functional groups attached to an aromatic ring is 1. The lowest BCUT2D eigenvalue weighted by atomic mass is 9.47. The van der Waals surface area contributed by atoms with Crippen LogP contribution in [0.5, 0.6) is 0 Å². The molecule has 0 atom stereocenters. The monoisotopic (exact) mass is 217 g/mol. The van der Waals surface area contributed by atoms with E-state index in [9.17, 15) is 4.39 Å². The van der Waals surface area contributed by atoms with Crippen molar-refractivity contribution < 1.29 is 4.39 Å². The van der Waals surface area contributed by atoms with Gasteiger partial charge in [-0.15, -0.1) is 0 Å². The Balaban J connectivity index is 1.83. The lowest BCUT2D eigenvalue weighted by molar-refractivity contribution is -0.136. The Morgan fingerprint density at radius 1 is 1.38 bits per heavy atom. The van der Waals surface area contributed by atoms with Crippen LogP contribution in [0.2, 0.25) is 0 Å². The number of alkyl halides is 1. The maximum atomic E-state index is 13.3. The first kappa shape index (κ1) is 9.46. The van der Waals surface area contributed by atoms with Crippen LogP contribution >= 0.6 is 0 Å². The van der Waals surface area contributed by atoms with Crippen LogP contribution in [0.15, 0.2) is 18.2 Å². The fraction of sp³-hybridized carbons (Fsp3) is 0.417. The molecule has 0 saturated heterocycles. The molecule has 3 N–H and O–H groups in total. The number of nitrogens with zero attached hydrogens (tertiary/aromatic N) is 1. The third-order valence-corrected chi connectivity index (χ3v) is 3.53. The molecule has 2 bridgehead atoms. The second-order valence-electron chi connectivity index (χ2n) is 4.97. The van der Waals surface area contributed by atoms with E-state index in [2.05, 4.69) is 10.2 Å². The van der Waals surface area contributed by atoms with Crippen LogP contribution in [-0.2, 0) is 0 Å². The molecule has 3 nitrogen and oxygen atoms in total. The Bertz CT molecular complexity index is 484. The predicted octanol–water partition coefficient (Wildman–Crippen LogP) is 2.88. The lowest BCUT2D eigenvalue weighted by Crippen LogP contribution is -2.73. The number of rotatable bonds is 2. The predicted molar refractivity (Wildman–Crippen MR) is 61.2 cm³/mol. The molecule has 4 rings (SSSR count). The van der Waals surface area contributed by atoms with E-state index in [1.165, 1.54) is 0 Å². The van der Waals surface area contributed by atoms with Gasteiger partial charge in [0.1, 0.15) is 5.67 Å². The van der Waals surface area contributed by atoms with Gasteiger partial charge in [0.25, 0.3) is 0 Å². The molecule has 0 unspecified atom stereocenters. The molecular formula is C12H12FN3. The van der Waals surface area contributed by atoms with Gasteiger partial charge in [0.05, 0.1) is 12.3 Å². The van der Waals surface area contributed by atoms with Gasteiger partial charge < -0.3 is 11.1 Å². The first-order valence-electron chi connectivity index (χ1n) is 5.28. The van der Waals surface area contributed by atoms with E-state index < -0.39 is 5.67 Å². The third-order valence-electron chi connectivity index (χ3n) is 3.53. The van der Waals surface area contributed by atoms with Gasteiger partial charge in [-0.25, -0.2) is 9.24 Å². The van der Waals surface area contributed by atoms with Crippen LogP contribution in [0.4, 0.5) is 21.5 Å². The lowest BCUT2D eigenvalue weighted by Gasteiger charge is -2.66. The number of nitrogens with two attached hydrogens (primary N) is 1. The summed E-state index contributed by atoms with van der Waals surface area (Å²) in [4.78, 5) is 3.35. The minimum atomic E-state index is -0.917. The molecule has 0 amide bonds. The molecule has 3 saturated carbocycles. The highest BCUT2D eigenvalue weighted by Gasteiger charge is 2.69. The van der Waals surface area contributed by atoms with E-state index in [0.717, 1.165) is 5.69 Å². The van der Waals surface area contributed by atoms with Gasteiger partial charge in [0, 0.05) is 30.5 Å². The van der Waals surface area contributed by atoms with Gasteiger partial charge in [-0.05, 0) is 12.1 Å². The molecule has 0 heterocycles. The largest absolute Gasteiger partial charge is 0.397 e. The van der Waals surface area contributed by atoms with Gasteiger partial charge in [-0.3, -0.25) is 0 Å².